The van der Waals surface area contributed by atoms with Crippen LogP contribution in [0.4, 0.5) is 5.82 Å². The highest BCUT2D eigenvalue weighted by Gasteiger charge is 2.31. The van der Waals surface area contributed by atoms with Gasteiger partial charge in [-0.15, -0.1) is 0 Å². The van der Waals surface area contributed by atoms with Crippen LogP contribution in [0.1, 0.15) is 38.5 Å². The number of hydrogen-bond acceptors (Lipinski definition) is 5. The number of benzene rings is 1. The minimum Gasteiger partial charge on any atom is -0.354 e. The number of anilines is 1. The molecule has 1 aromatic carbocycles. The first-order valence-corrected chi connectivity index (χ1v) is 11.2. The molecule has 1 amide bonds. The van der Waals surface area contributed by atoms with E-state index in [1.807, 2.05) is 18.2 Å². The van der Waals surface area contributed by atoms with Gasteiger partial charge in [0, 0.05) is 43.5 Å². The minimum atomic E-state index is 0.0726. The zero-order valence-electron chi connectivity index (χ0n) is 16.3. The zero-order valence-corrected chi connectivity index (χ0v) is 17.1. The van der Waals surface area contributed by atoms with Crippen molar-refractivity contribution in [2.45, 2.75) is 48.4 Å². The van der Waals surface area contributed by atoms with Crippen molar-refractivity contribution in [3.63, 3.8) is 0 Å². The average molecular weight is 397 g/mol. The lowest BCUT2D eigenvalue weighted by molar-refractivity contribution is -0.135. The van der Waals surface area contributed by atoms with Crippen LogP contribution in [0.5, 0.6) is 0 Å². The van der Waals surface area contributed by atoms with E-state index in [4.69, 9.17) is 0 Å². The molecule has 3 heterocycles. The zero-order chi connectivity index (χ0) is 19.2. The maximum atomic E-state index is 13.1. The molecule has 5 nitrogen and oxygen atoms in total. The quantitative estimate of drug-likeness (QED) is 0.773. The molecule has 0 bridgehead atoms. The van der Waals surface area contributed by atoms with Gasteiger partial charge in [-0.25, -0.2) is 9.97 Å². The SMILES string of the molecule is O=C([C@@H]1CCCN(c2nccnc2Sc2ccccc2)C1)N1CCCCCC1. The van der Waals surface area contributed by atoms with Crippen molar-refractivity contribution in [1.29, 1.82) is 0 Å². The summed E-state index contributed by atoms with van der Waals surface area (Å²) in [5, 5.41) is 0.913. The third-order valence-electron chi connectivity index (χ3n) is 5.59. The fourth-order valence-electron chi connectivity index (χ4n) is 4.13. The highest BCUT2D eigenvalue weighted by Crippen LogP contribution is 2.34. The predicted molar refractivity (Wildman–Crippen MR) is 113 cm³/mol. The number of carbonyl (C=O) groups excluding carboxylic acids is 1. The minimum absolute atomic E-state index is 0.0726. The van der Waals surface area contributed by atoms with Gasteiger partial charge >= 0.3 is 0 Å². The van der Waals surface area contributed by atoms with E-state index in [9.17, 15) is 4.79 Å². The normalized spacial score (nSPS) is 20.6. The van der Waals surface area contributed by atoms with E-state index >= 15 is 0 Å². The highest BCUT2D eigenvalue weighted by molar-refractivity contribution is 7.99. The second kappa shape index (κ2) is 9.41. The van der Waals surface area contributed by atoms with Crippen LogP contribution in [0.3, 0.4) is 0 Å². The fourth-order valence-corrected chi connectivity index (χ4v) is 5.03. The molecule has 2 aliphatic heterocycles. The van der Waals surface area contributed by atoms with Gasteiger partial charge in [-0.2, -0.15) is 0 Å². The first-order valence-electron chi connectivity index (χ1n) is 10.4. The van der Waals surface area contributed by atoms with Gasteiger partial charge in [0.25, 0.3) is 0 Å². The lowest BCUT2D eigenvalue weighted by atomic mass is 9.96. The molecule has 0 aliphatic carbocycles. The first-order chi connectivity index (χ1) is 13.8. The summed E-state index contributed by atoms with van der Waals surface area (Å²) >= 11 is 1.64. The van der Waals surface area contributed by atoms with E-state index < -0.39 is 0 Å². The molecule has 2 saturated heterocycles. The summed E-state index contributed by atoms with van der Waals surface area (Å²) in [5.41, 5.74) is 0. The molecular formula is C22H28N4OS. The fraction of sp³-hybridized carbons (Fsp3) is 0.500. The number of likely N-dealkylation sites (tertiary alicyclic amines) is 1. The van der Waals surface area contributed by atoms with Gasteiger partial charge in [0.05, 0.1) is 5.92 Å². The Labute approximate surface area is 171 Å². The summed E-state index contributed by atoms with van der Waals surface area (Å²) in [5.74, 6) is 1.32. The summed E-state index contributed by atoms with van der Waals surface area (Å²) in [7, 11) is 0. The van der Waals surface area contributed by atoms with Gasteiger partial charge in [0.1, 0.15) is 5.03 Å². The Morgan fingerprint density at radius 1 is 0.929 bits per heavy atom. The van der Waals surface area contributed by atoms with Crippen LogP contribution in [0.2, 0.25) is 0 Å². The summed E-state index contributed by atoms with van der Waals surface area (Å²) in [6.45, 7) is 3.53. The second-order valence-corrected chi connectivity index (χ2v) is 8.69. The molecular weight excluding hydrogens is 368 g/mol. The number of aromatic nitrogens is 2. The van der Waals surface area contributed by atoms with Crippen molar-refractivity contribution in [1.82, 2.24) is 14.9 Å². The van der Waals surface area contributed by atoms with Crippen molar-refractivity contribution >= 4 is 23.5 Å². The third-order valence-corrected chi connectivity index (χ3v) is 6.58. The molecule has 4 rings (SSSR count). The van der Waals surface area contributed by atoms with E-state index in [1.54, 1.807) is 24.2 Å². The molecule has 6 heteroatoms. The monoisotopic (exact) mass is 396 g/mol. The van der Waals surface area contributed by atoms with Crippen LogP contribution in [0.25, 0.3) is 0 Å². The van der Waals surface area contributed by atoms with Gasteiger partial charge < -0.3 is 9.80 Å². The molecule has 28 heavy (non-hydrogen) atoms. The Morgan fingerprint density at radius 2 is 1.68 bits per heavy atom. The molecule has 148 valence electrons. The van der Waals surface area contributed by atoms with Crippen molar-refractivity contribution < 1.29 is 4.79 Å². The van der Waals surface area contributed by atoms with Crippen LogP contribution in [0, 0.1) is 5.92 Å². The maximum absolute atomic E-state index is 13.1. The Balaban J connectivity index is 1.48. The van der Waals surface area contributed by atoms with E-state index in [1.165, 1.54) is 12.8 Å². The number of amides is 1. The summed E-state index contributed by atoms with van der Waals surface area (Å²) < 4.78 is 0. The van der Waals surface area contributed by atoms with Crippen molar-refractivity contribution in [2.75, 3.05) is 31.1 Å². The molecule has 2 aromatic rings. The topological polar surface area (TPSA) is 49.3 Å². The van der Waals surface area contributed by atoms with E-state index in [0.717, 1.165) is 67.6 Å². The van der Waals surface area contributed by atoms with Crippen molar-refractivity contribution in [3.8, 4) is 0 Å². The molecule has 2 fully saturated rings. The number of nitrogens with zero attached hydrogens (tertiary/aromatic N) is 4. The van der Waals surface area contributed by atoms with Crippen molar-refractivity contribution in [3.05, 3.63) is 42.7 Å². The Hall–Kier alpha value is -2.08. The Morgan fingerprint density at radius 3 is 2.46 bits per heavy atom. The second-order valence-electron chi connectivity index (χ2n) is 7.62. The van der Waals surface area contributed by atoms with Crippen LogP contribution in [0.15, 0.2) is 52.6 Å². The van der Waals surface area contributed by atoms with E-state index in [2.05, 4.69) is 31.9 Å². The molecule has 0 N–H and O–H groups in total. The first kappa shape index (κ1) is 19.2. The largest absolute Gasteiger partial charge is 0.354 e. The van der Waals surface area contributed by atoms with Gasteiger partial charge in [0.15, 0.2) is 5.82 Å². The average Bonchev–Trinajstić information content (AvgIpc) is 3.04. The van der Waals surface area contributed by atoms with Crippen LogP contribution >= 0.6 is 11.8 Å². The smallest absolute Gasteiger partial charge is 0.227 e. The number of piperidine rings is 1. The van der Waals surface area contributed by atoms with E-state index in [-0.39, 0.29) is 5.92 Å². The van der Waals surface area contributed by atoms with Crippen LogP contribution in [-0.2, 0) is 4.79 Å². The summed E-state index contributed by atoms with van der Waals surface area (Å²) in [6, 6.07) is 10.3. The Bertz CT molecular complexity index is 777. The highest BCUT2D eigenvalue weighted by atomic mass is 32.2. The maximum Gasteiger partial charge on any atom is 0.227 e. The molecule has 0 radical (unpaired) electrons. The molecule has 2 aliphatic rings. The molecule has 1 aromatic heterocycles. The summed E-state index contributed by atoms with van der Waals surface area (Å²) in [4.78, 5) is 27.9. The molecule has 0 spiro atoms. The van der Waals surface area contributed by atoms with Crippen LogP contribution < -0.4 is 4.90 Å². The standard InChI is InChI=1S/C22H28N4OS/c27-22(25-14-6-1-2-7-15-25)18-9-8-16-26(17-18)20-21(24-13-12-23-20)28-19-10-4-3-5-11-19/h3-5,10-13,18H,1-2,6-9,14-17H2/t18-/m1/s1. The van der Waals surface area contributed by atoms with Gasteiger partial charge in [-0.1, -0.05) is 42.8 Å². The predicted octanol–water partition coefficient (Wildman–Crippen LogP) is 4.25. The molecule has 1 atom stereocenters. The van der Waals surface area contributed by atoms with E-state index in [0.29, 0.717) is 5.91 Å². The lowest BCUT2D eigenvalue weighted by Gasteiger charge is -2.35. The molecule has 0 unspecified atom stereocenters. The number of hydrogen-bond donors (Lipinski definition) is 0. The third kappa shape index (κ3) is 4.66. The van der Waals surface area contributed by atoms with Gasteiger partial charge in [0.2, 0.25) is 5.91 Å². The van der Waals surface area contributed by atoms with Gasteiger partial charge in [-0.05, 0) is 37.8 Å². The summed E-state index contributed by atoms with van der Waals surface area (Å²) in [6.07, 6.45) is 10.3. The van der Waals surface area contributed by atoms with Crippen LogP contribution in [-0.4, -0.2) is 47.0 Å². The lowest BCUT2D eigenvalue weighted by Crippen LogP contribution is -2.45. The van der Waals surface area contributed by atoms with Crippen molar-refractivity contribution in [2.24, 2.45) is 5.92 Å². The number of rotatable bonds is 4. The van der Waals surface area contributed by atoms with Gasteiger partial charge in [-0.3, -0.25) is 4.79 Å². The Kier molecular flexibility index (Phi) is 6.47. The number of carbonyl (C=O) groups is 1. The molecule has 0 saturated carbocycles.